The quantitative estimate of drug-likeness (QED) is 0.637. The van der Waals surface area contributed by atoms with Crippen LogP contribution in [0.15, 0.2) is 18.2 Å². The highest BCUT2D eigenvalue weighted by Gasteiger charge is 2.25. The average Bonchev–Trinajstić information content (AvgIpc) is 2.29. The largest absolute Gasteiger partial charge is 0.384 e. The molecule has 2 atom stereocenters. The van der Waals surface area contributed by atoms with E-state index in [1.165, 1.54) is 12.8 Å². The fraction of sp³-hybridized carbons (Fsp3) is 0.500. The number of anilines is 1. The van der Waals surface area contributed by atoms with Gasteiger partial charge < -0.3 is 10.6 Å². The summed E-state index contributed by atoms with van der Waals surface area (Å²) in [7, 11) is 0. The summed E-state index contributed by atoms with van der Waals surface area (Å²) in [5, 5.41) is 8.32. The second kappa shape index (κ2) is 5.19. The van der Waals surface area contributed by atoms with Gasteiger partial charge in [-0.2, -0.15) is 0 Å². The van der Waals surface area contributed by atoms with E-state index in [2.05, 4.69) is 18.7 Å². The van der Waals surface area contributed by atoms with Gasteiger partial charge >= 0.3 is 0 Å². The molecule has 3 nitrogen and oxygen atoms in total. The lowest BCUT2D eigenvalue weighted by molar-refractivity contribution is 0.378. The van der Waals surface area contributed by atoms with Crippen molar-refractivity contribution in [3.05, 3.63) is 28.8 Å². The highest BCUT2D eigenvalue weighted by Crippen LogP contribution is 2.31. The van der Waals surface area contributed by atoms with E-state index in [0.717, 1.165) is 23.7 Å². The van der Waals surface area contributed by atoms with Crippen LogP contribution in [0, 0.1) is 11.3 Å². The van der Waals surface area contributed by atoms with Gasteiger partial charge in [0.05, 0.1) is 0 Å². The minimum atomic E-state index is 0.0818. The summed E-state index contributed by atoms with van der Waals surface area (Å²) in [5.74, 6) is 0.850. The maximum absolute atomic E-state index is 7.69. The molecule has 1 saturated heterocycles. The normalized spacial score (nSPS) is 24.1. The molecular weight excluding hydrogens is 246 g/mol. The van der Waals surface area contributed by atoms with Gasteiger partial charge in [-0.25, -0.2) is 0 Å². The number of nitrogen functional groups attached to an aromatic ring is 1. The molecule has 0 aliphatic carbocycles. The molecule has 1 aromatic carbocycles. The lowest BCUT2D eigenvalue weighted by atomic mass is 9.92. The number of piperidine rings is 1. The molecule has 0 aromatic heterocycles. The molecule has 3 N–H and O–H groups in total. The molecule has 2 unspecified atom stereocenters. The third kappa shape index (κ3) is 2.61. The number of hydrogen-bond acceptors (Lipinski definition) is 2. The number of nitrogens with one attached hydrogen (secondary N) is 1. The van der Waals surface area contributed by atoms with Crippen LogP contribution < -0.4 is 10.6 Å². The number of rotatable bonds is 2. The van der Waals surface area contributed by atoms with Crippen molar-refractivity contribution >= 4 is 23.1 Å². The van der Waals surface area contributed by atoms with Crippen LogP contribution in [0.4, 0.5) is 5.69 Å². The molecule has 18 heavy (non-hydrogen) atoms. The zero-order valence-corrected chi connectivity index (χ0v) is 11.7. The number of hydrogen-bond donors (Lipinski definition) is 2. The Morgan fingerprint density at radius 1 is 1.44 bits per heavy atom. The fourth-order valence-corrected chi connectivity index (χ4v) is 2.91. The zero-order chi connectivity index (χ0) is 13.3. The van der Waals surface area contributed by atoms with E-state index in [9.17, 15) is 0 Å². The first-order chi connectivity index (χ1) is 8.49. The zero-order valence-electron chi connectivity index (χ0n) is 10.9. The summed E-state index contributed by atoms with van der Waals surface area (Å²) >= 11 is 5.99. The number of benzene rings is 1. The molecule has 0 bridgehead atoms. The molecule has 98 valence electrons. The van der Waals surface area contributed by atoms with E-state index in [1.807, 2.05) is 12.1 Å². The van der Waals surface area contributed by atoms with Crippen LogP contribution >= 0.6 is 11.6 Å². The Balaban J connectivity index is 2.35. The van der Waals surface area contributed by atoms with Crippen LogP contribution in [0.1, 0.15) is 32.3 Å². The summed E-state index contributed by atoms with van der Waals surface area (Å²) in [4.78, 5) is 2.34. The summed E-state index contributed by atoms with van der Waals surface area (Å²) in [6.07, 6.45) is 2.37. The highest BCUT2D eigenvalue weighted by molar-refractivity contribution is 6.31. The van der Waals surface area contributed by atoms with Gasteiger partial charge in [-0.1, -0.05) is 18.5 Å². The van der Waals surface area contributed by atoms with Gasteiger partial charge in [-0.15, -0.1) is 0 Å². The molecule has 1 aliphatic heterocycles. The fourth-order valence-electron chi connectivity index (χ4n) is 2.74. The van der Waals surface area contributed by atoms with E-state index in [1.54, 1.807) is 6.07 Å². The first kappa shape index (κ1) is 13.2. The molecule has 1 aromatic rings. The Bertz CT molecular complexity index is 458. The van der Waals surface area contributed by atoms with Crippen LogP contribution in [0.5, 0.6) is 0 Å². The first-order valence-corrected chi connectivity index (χ1v) is 6.77. The number of amidine groups is 1. The Morgan fingerprint density at radius 3 is 2.78 bits per heavy atom. The van der Waals surface area contributed by atoms with Gasteiger partial charge in [0.1, 0.15) is 5.84 Å². The Morgan fingerprint density at radius 2 is 2.17 bits per heavy atom. The molecule has 0 spiro atoms. The van der Waals surface area contributed by atoms with Crippen LogP contribution in [0.25, 0.3) is 0 Å². The topological polar surface area (TPSA) is 53.1 Å². The van der Waals surface area contributed by atoms with Crippen LogP contribution in [0.3, 0.4) is 0 Å². The number of halogens is 1. The van der Waals surface area contributed by atoms with Crippen molar-refractivity contribution in [2.45, 2.75) is 32.7 Å². The molecule has 0 radical (unpaired) electrons. The van der Waals surface area contributed by atoms with Gasteiger partial charge in [0.2, 0.25) is 0 Å². The van der Waals surface area contributed by atoms with Crippen LogP contribution in [-0.4, -0.2) is 18.4 Å². The van der Waals surface area contributed by atoms with Crippen molar-refractivity contribution in [3.8, 4) is 0 Å². The molecule has 0 amide bonds. The molecule has 0 saturated carbocycles. The van der Waals surface area contributed by atoms with Gasteiger partial charge in [0.25, 0.3) is 0 Å². The summed E-state index contributed by atoms with van der Waals surface area (Å²) in [6.45, 7) is 5.54. The summed E-state index contributed by atoms with van der Waals surface area (Å²) in [6, 6.07) is 6.11. The first-order valence-electron chi connectivity index (χ1n) is 6.39. The minimum Gasteiger partial charge on any atom is -0.384 e. The van der Waals surface area contributed by atoms with Gasteiger partial charge in [-0.3, -0.25) is 5.41 Å². The van der Waals surface area contributed by atoms with E-state index in [4.69, 9.17) is 22.7 Å². The number of nitrogens with zero attached hydrogens (tertiary/aromatic N) is 1. The molecule has 2 rings (SSSR count). The summed E-state index contributed by atoms with van der Waals surface area (Å²) < 4.78 is 0. The highest BCUT2D eigenvalue weighted by atomic mass is 35.5. The lowest BCUT2D eigenvalue weighted by Gasteiger charge is -2.39. The molecule has 4 heteroatoms. The van der Waals surface area contributed by atoms with Gasteiger partial charge in [0, 0.05) is 28.9 Å². The second-order valence-corrected chi connectivity index (χ2v) is 5.68. The smallest absolute Gasteiger partial charge is 0.124 e. The van der Waals surface area contributed by atoms with Crippen LogP contribution in [0.2, 0.25) is 5.02 Å². The van der Waals surface area contributed by atoms with Crippen molar-refractivity contribution in [1.82, 2.24) is 0 Å². The van der Waals surface area contributed by atoms with Gasteiger partial charge in [0.15, 0.2) is 0 Å². The van der Waals surface area contributed by atoms with Gasteiger partial charge in [-0.05, 0) is 43.9 Å². The van der Waals surface area contributed by atoms with Crippen molar-refractivity contribution in [3.63, 3.8) is 0 Å². The Kier molecular flexibility index (Phi) is 3.81. The van der Waals surface area contributed by atoms with Crippen LogP contribution in [-0.2, 0) is 0 Å². The average molecular weight is 266 g/mol. The Hall–Kier alpha value is -1.22. The molecule has 1 fully saturated rings. The molecule has 1 heterocycles. The predicted molar refractivity (Wildman–Crippen MR) is 77.7 cm³/mol. The third-order valence-corrected chi connectivity index (χ3v) is 3.93. The van der Waals surface area contributed by atoms with E-state index < -0.39 is 0 Å². The number of nitrogens with two attached hydrogens (primary N) is 1. The SMILES string of the molecule is CC1CCN(c2ccc(Cl)cc2C(=N)N)C(C)C1. The maximum Gasteiger partial charge on any atom is 0.124 e. The van der Waals surface area contributed by atoms with E-state index in [0.29, 0.717) is 11.1 Å². The minimum absolute atomic E-state index is 0.0818. The maximum atomic E-state index is 7.69. The second-order valence-electron chi connectivity index (χ2n) is 5.25. The molecular formula is C14H20ClN3. The molecule has 1 aliphatic rings. The Labute approximate surface area is 113 Å². The van der Waals surface area contributed by atoms with Crippen molar-refractivity contribution < 1.29 is 0 Å². The van der Waals surface area contributed by atoms with Crippen molar-refractivity contribution in [2.24, 2.45) is 11.7 Å². The van der Waals surface area contributed by atoms with E-state index in [-0.39, 0.29) is 5.84 Å². The lowest BCUT2D eigenvalue weighted by Crippen LogP contribution is -2.41. The predicted octanol–water partition coefficient (Wildman–Crippen LogP) is 3.25. The van der Waals surface area contributed by atoms with Crippen molar-refractivity contribution in [1.29, 1.82) is 5.41 Å². The summed E-state index contributed by atoms with van der Waals surface area (Å²) in [5.41, 5.74) is 7.43. The van der Waals surface area contributed by atoms with E-state index >= 15 is 0 Å². The van der Waals surface area contributed by atoms with Crippen molar-refractivity contribution in [2.75, 3.05) is 11.4 Å². The monoisotopic (exact) mass is 265 g/mol. The standard InChI is InChI=1S/C14H20ClN3/c1-9-5-6-18(10(2)7-9)13-4-3-11(15)8-12(13)14(16)17/h3-4,8-10H,5-7H2,1-2H3,(H3,16,17). The third-order valence-electron chi connectivity index (χ3n) is 3.70.